The lowest BCUT2D eigenvalue weighted by Crippen LogP contribution is -2.35. The topological polar surface area (TPSA) is 47.7 Å². The summed E-state index contributed by atoms with van der Waals surface area (Å²) in [6.07, 6.45) is 2.00. The Morgan fingerprint density at radius 2 is 1.83 bits per heavy atom. The maximum atomic E-state index is 6.07. The number of hydrogen-bond donors (Lipinski definition) is 1. The number of para-hydroxylation sites is 1. The second kappa shape index (κ2) is 7.14. The zero-order valence-electron chi connectivity index (χ0n) is 14.7. The molecule has 24 heavy (non-hydrogen) atoms. The minimum Gasteiger partial charge on any atom is -0.493 e. The molecule has 4 heteroatoms. The van der Waals surface area contributed by atoms with Crippen molar-refractivity contribution in [2.45, 2.75) is 25.8 Å². The monoisotopic (exact) mass is 326 g/mol. The summed E-state index contributed by atoms with van der Waals surface area (Å²) in [5, 5.41) is 0. The average molecular weight is 326 g/mol. The number of nitrogen functional groups attached to an aromatic ring is 1. The van der Waals surface area contributed by atoms with E-state index in [1.165, 1.54) is 16.7 Å². The maximum Gasteiger partial charge on any atom is 0.161 e. The van der Waals surface area contributed by atoms with Gasteiger partial charge in [-0.25, -0.2) is 0 Å². The van der Waals surface area contributed by atoms with Crippen LogP contribution in [0.2, 0.25) is 0 Å². The summed E-state index contributed by atoms with van der Waals surface area (Å²) in [6, 6.07) is 12.7. The summed E-state index contributed by atoms with van der Waals surface area (Å²) in [5.41, 5.74) is 10.9. The molecule has 4 nitrogen and oxygen atoms in total. The van der Waals surface area contributed by atoms with Crippen LogP contribution in [0.3, 0.4) is 0 Å². The van der Waals surface area contributed by atoms with E-state index in [4.69, 9.17) is 15.2 Å². The minimum absolute atomic E-state index is 0.360. The van der Waals surface area contributed by atoms with Crippen molar-refractivity contribution in [3.8, 4) is 11.5 Å². The van der Waals surface area contributed by atoms with Gasteiger partial charge in [0.15, 0.2) is 11.5 Å². The van der Waals surface area contributed by atoms with Crippen molar-refractivity contribution >= 4 is 5.69 Å². The Balaban J connectivity index is 1.77. The predicted octanol–water partition coefficient (Wildman–Crippen LogP) is 3.45. The highest BCUT2D eigenvalue weighted by atomic mass is 16.5. The molecule has 2 N–H and O–H groups in total. The summed E-state index contributed by atoms with van der Waals surface area (Å²) < 4.78 is 10.9. The SMILES string of the molecule is COc1cc2c(cc1OC)C(C)N(CCc1ccccc1N)CC2. The fourth-order valence-electron chi connectivity index (χ4n) is 3.53. The van der Waals surface area contributed by atoms with Gasteiger partial charge in [0.1, 0.15) is 0 Å². The molecule has 1 aliphatic rings. The van der Waals surface area contributed by atoms with Crippen LogP contribution in [0.1, 0.15) is 29.7 Å². The molecule has 0 bridgehead atoms. The number of hydrogen-bond acceptors (Lipinski definition) is 4. The zero-order chi connectivity index (χ0) is 17.1. The van der Waals surface area contributed by atoms with Crippen molar-refractivity contribution in [2.24, 2.45) is 0 Å². The summed E-state index contributed by atoms with van der Waals surface area (Å²) >= 11 is 0. The number of anilines is 1. The van der Waals surface area contributed by atoms with Gasteiger partial charge in [-0.15, -0.1) is 0 Å². The Labute approximate surface area is 144 Å². The minimum atomic E-state index is 0.360. The third-order valence-electron chi connectivity index (χ3n) is 5.04. The molecule has 2 aromatic rings. The van der Waals surface area contributed by atoms with Crippen LogP contribution in [-0.2, 0) is 12.8 Å². The molecule has 0 saturated carbocycles. The largest absolute Gasteiger partial charge is 0.493 e. The van der Waals surface area contributed by atoms with Gasteiger partial charge >= 0.3 is 0 Å². The van der Waals surface area contributed by atoms with Crippen LogP contribution in [0, 0.1) is 0 Å². The number of ether oxygens (including phenoxy) is 2. The van der Waals surface area contributed by atoms with Crippen LogP contribution in [0.4, 0.5) is 5.69 Å². The van der Waals surface area contributed by atoms with Crippen molar-refractivity contribution in [3.05, 3.63) is 53.1 Å². The third-order valence-corrected chi connectivity index (χ3v) is 5.04. The first-order chi connectivity index (χ1) is 11.6. The molecular weight excluding hydrogens is 300 g/mol. The maximum absolute atomic E-state index is 6.07. The molecule has 0 spiro atoms. The Bertz CT molecular complexity index is 715. The van der Waals surface area contributed by atoms with E-state index in [2.05, 4.69) is 36.1 Å². The first-order valence-corrected chi connectivity index (χ1v) is 8.46. The van der Waals surface area contributed by atoms with E-state index in [0.717, 1.165) is 43.1 Å². The number of nitrogens with two attached hydrogens (primary N) is 1. The molecule has 2 aromatic carbocycles. The van der Waals surface area contributed by atoms with Crippen molar-refractivity contribution in [1.82, 2.24) is 4.90 Å². The molecule has 1 aliphatic heterocycles. The van der Waals surface area contributed by atoms with Crippen LogP contribution < -0.4 is 15.2 Å². The molecule has 0 aliphatic carbocycles. The van der Waals surface area contributed by atoms with Gasteiger partial charge in [-0.1, -0.05) is 18.2 Å². The van der Waals surface area contributed by atoms with Gasteiger partial charge in [-0.05, 0) is 54.7 Å². The number of nitrogens with zero attached hydrogens (tertiary/aromatic N) is 1. The standard InChI is InChI=1S/C20H26N2O2/c1-14-17-13-20(24-3)19(23-2)12-16(17)9-11-22(14)10-8-15-6-4-5-7-18(15)21/h4-7,12-14H,8-11,21H2,1-3H3. The van der Waals surface area contributed by atoms with Crippen molar-refractivity contribution < 1.29 is 9.47 Å². The molecule has 128 valence electrons. The molecule has 1 unspecified atom stereocenters. The molecule has 0 radical (unpaired) electrons. The van der Waals surface area contributed by atoms with Crippen LogP contribution in [0.15, 0.2) is 36.4 Å². The lowest BCUT2D eigenvalue weighted by molar-refractivity contribution is 0.200. The molecule has 0 amide bonds. The number of benzene rings is 2. The highest BCUT2D eigenvalue weighted by molar-refractivity contribution is 5.49. The first kappa shape index (κ1) is 16.7. The number of fused-ring (bicyclic) bond motifs is 1. The highest BCUT2D eigenvalue weighted by Crippen LogP contribution is 2.37. The molecule has 0 aromatic heterocycles. The van der Waals surface area contributed by atoms with E-state index in [0.29, 0.717) is 6.04 Å². The molecular formula is C20H26N2O2. The van der Waals surface area contributed by atoms with Crippen LogP contribution in [-0.4, -0.2) is 32.2 Å². The van der Waals surface area contributed by atoms with E-state index >= 15 is 0 Å². The Kier molecular flexibility index (Phi) is 4.95. The fraction of sp³-hybridized carbons (Fsp3) is 0.400. The van der Waals surface area contributed by atoms with Gasteiger partial charge in [-0.2, -0.15) is 0 Å². The number of methoxy groups -OCH3 is 2. The summed E-state index contributed by atoms with van der Waals surface area (Å²) in [4.78, 5) is 2.51. The van der Waals surface area contributed by atoms with Crippen molar-refractivity contribution in [1.29, 1.82) is 0 Å². The van der Waals surface area contributed by atoms with Gasteiger partial charge < -0.3 is 15.2 Å². The molecule has 0 fully saturated rings. The van der Waals surface area contributed by atoms with Crippen molar-refractivity contribution in [3.63, 3.8) is 0 Å². The Hall–Kier alpha value is -2.20. The molecule has 1 atom stereocenters. The Morgan fingerprint density at radius 1 is 1.12 bits per heavy atom. The predicted molar refractivity (Wildman–Crippen MR) is 97.8 cm³/mol. The second-order valence-corrected chi connectivity index (χ2v) is 6.32. The molecule has 0 saturated heterocycles. The highest BCUT2D eigenvalue weighted by Gasteiger charge is 2.25. The average Bonchev–Trinajstić information content (AvgIpc) is 2.61. The Morgan fingerprint density at radius 3 is 2.54 bits per heavy atom. The zero-order valence-corrected chi connectivity index (χ0v) is 14.7. The second-order valence-electron chi connectivity index (χ2n) is 6.32. The lowest BCUT2D eigenvalue weighted by Gasteiger charge is -2.35. The van der Waals surface area contributed by atoms with E-state index < -0.39 is 0 Å². The summed E-state index contributed by atoms with van der Waals surface area (Å²) in [7, 11) is 3.38. The van der Waals surface area contributed by atoms with Crippen LogP contribution >= 0.6 is 0 Å². The summed E-state index contributed by atoms with van der Waals surface area (Å²) in [5.74, 6) is 1.62. The van der Waals surface area contributed by atoms with Gasteiger partial charge in [0.05, 0.1) is 14.2 Å². The quantitative estimate of drug-likeness (QED) is 0.855. The first-order valence-electron chi connectivity index (χ1n) is 8.46. The van der Waals surface area contributed by atoms with E-state index in [1.807, 2.05) is 12.1 Å². The fourth-order valence-corrected chi connectivity index (χ4v) is 3.53. The summed E-state index contributed by atoms with van der Waals surface area (Å²) in [6.45, 7) is 4.32. The van der Waals surface area contributed by atoms with Crippen LogP contribution in [0.5, 0.6) is 11.5 Å². The van der Waals surface area contributed by atoms with E-state index in [-0.39, 0.29) is 0 Å². The smallest absolute Gasteiger partial charge is 0.161 e. The lowest BCUT2D eigenvalue weighted by atomic mass is 9.92. The van der Waals surface area contributed by atoms with Gasteiger partial charge in [0, 0.05) is 24.8 Å². The normalized spacial score (nSPS) is 17.4. The third kappa shape index (κ3) is 3.20. The van der Waals surface area contributed by atoms with E-state index in [9.17, 15) is 0 Å². The molecule has 1 heterocycles. The van der Waals surface area contributed by atoms with Gasteiger partial charge in [0.2, 0.25) is 0 Å². The van der Waals surface area contributed by atoms with E-state index in [1.54, 1.807) is 14.2 Å². The molecule has 3 rings (SSSR count). The van der Waals surface area contributed by atoms with Crippen molar-refractivity contribution in [2.75, 3.05) is 33.0 Å². The van der Waals surface area contributed by atoms with Crippen LogP contribution in [0.25, 0.3) is 0 Å². The van der Waals surface area contributed by atoms with Gasteiger partial charge in [-0.3, -0.25) is 4.90 Å². The number of rotatable bonds is 5. The van der Waals surface area contributed by atoms with Gasteiger partial charge in [0.25, 0.3) is 0 Å².